The van der Waals surface area contributed by atoms with Crippen LogP contribution in [-0.2, 0) is 6.18 Å². The molecule has 3 rings (SSSR count). The molecule has 0 radical (unpaired) electrons. The van der Waals surface area contributed by atoms with Crippen LogP contribution < -0.4 is 11.2 Å². The molecular weight excluding hydrogens is 409 g/mol. The Morgan fingerprint density at radius 2 is 1.97 bits per heavy atom. The molecule has 1 unspecified atom stereocenters. The second kappa shape index (κ2) is 8.96. The van der Waals surface area contributed by atoms with Gasteiger partial charge in [0.2, 0.25) is 5.43 Å². The molecule has 0 saturated carbocycles. The van der Waals surface area contributed by atoms with E-state index in [0.29, 0.717) is 6.54 Å². The Morgan fingerprint density at radius 3 is 2.62 bits per heavy atom. The Kier molecular flexibility index (Phi) is 7.07. The van der Waals surface area contributed by atoms with Crippen molar-refractivity contribution in [2.24, 2.45) is 5.73 Å². The third-order valence-electron chi connectivity index (χ3n) is 4.91. The summed E-state index contributed by atoms with van der Waals surface area (Å²) in [7, 11) is 0. The number of aromatic nitrogens is 2. The van der Waals surface area contributed by atoms with Crippen molar-refractivity contribution in [2.75, 3.05) is 13.1 Å². The van der Waals surface area contributed by atoms with E-state index in [2.05, 4.69) is 5.10 Å². The quantitative estimate of drug-likeness (QED) is 0.811. The maximum atomic E-state index is 13.4. The summed E-state index contributed by atoms with van der Waals surface area (Å²) in [5.41, 5.74) is 3.78. The van der Waals surface area contributed by atoms with Gasteiger partial charge in [-0.1, -0.05) is 12.1 Å². The summed E-state index contributed by atoms with van der Waals surface area (Å²) in [6.45, 7) is 2.16. The predicted octanol–water partition coefficient (Wildman–Crippen LogP) is 2.93. The van der Waals surface area contributed by atoms with Crippen LogP contribution in [0.5, 0.6) is 0 Å². The summed E-state index contributed by atoms with van der Waals surface area (Å²) in [6.07, 6.45) is -2.18. The third-order valence-corrected chi connectivity index (χ3v) is 4.91. The van der Waals surface area contributed by atoms with E-state index in [-0.39, 0.29) is 36.4 Å². The third kappa shape index (κ3) is 4.62. The van der Waals surface area contributed by atoms with Gasteiger partial charge in [-0.25, -0.2) is 4.68 Å². The van der Waals surface area contributed by atoms with Crippen LogP contribution >= 0.6 is 12.4 Å². The summed E-state index contributed by atoms with van der Waals surface area (Å²) in [5, 5.41) is 4.03. The minimum absolute atomic E-state index is 0. The van der Waals surface area contributed by atoms with E-state index in [0.717, 1.165) is 36.1 Å². The first-order chi connectivity index (χ1) is 13.2. The number of rotatable bonds is 3. The van der Waals surface area contributed by atoms with E-state index in [1.165, 1.54) is 30.0 Å². The minimum atomic E-state index is -4.60. The average molecular weight is 431 g/mol. The normalized spacial score (nSPS) is 17.0. The second-order valence-electron chi connectivity index (χ2n) is 6.81. The zero-order chi connectivity index (χ0) is 20.5. The lowest BCUT2D eigenvalue weighted by Gasteiger charge is -2.34. The molecule has 158 valence electrons. The zero-order valence-electron chi connectivity index (χ0n) is 15.8. The Hall–Kier alpha value is -2.39. The molecule has 2 N–H and O–H groups in total. The number of hydrogen-bond donors (Lipinski definition) is 1. The van der Waals surface area contributed by atoms with Gasteiger partial charge in [-0.05, 0) is 38.3 Å². The zero-order valence-corrected chi connectivity index (χ0v) is 16.6. The summed E-state index contributed by atoms with van der Waals surface area (Å²) in [5.74, 6) is -0.599. The van der Waals surface area contributed by atoms with Crippen molar-refractivity contribution in [2.45, 2.75) is 38.4 Å². The fraction of sp³-hybridized carbons (Fsp3) is 0.421. The van der Waals surface area contributed by atoms with Crippen molar-refractivity contribution < 1.29 is 18.0 Å². The van der Waals surface area contributed by atoms with Gasteiger partial charge >= 0.3 is 6.18 Å². The molecule has 1 aromatic heterocycles. The van der Waals surface area contributed by atoms with Crippen LogP contribution in [0.1, 0.15) is 41.0 Å². The average Bonchev–Trinajstić information content (AvgIpc) is 2.67. The Bertz CT molecular complexity index is 946. The highest BCUT2D eigenvalue weighted by Gasteiger charge is 2.35. The van der Waals surface area contributed by atoms with Crippen molar-refractivity contribution in [1.29, 1.82) is 0 Å². The van der Waals surface area contributed by atoms with Gasteiger partial charge < -0.3 is 10.6 Å². The summed E-state index contributed by atoms with van der Waals surface area (Å²) < 4.78 is 41.2. The number of alkyl halides is 3. The number of carbonyl (C=O) groups is 1. The second-order valence-corrected chi connectivity index (χ2v) is 6.81. The molecule has 1 aliphatic rings. The monoisotopic (exact) mass is 430 g/mol. The first-order valence-corrected chi connectivity index (χ1v) is 9.02. The largest absolute Gasteiger partial charge is 0.418 e. The number of aryl methyl sites for hydroxylation is 1. The fourth-order valence-electron chi connectivity index (χ4n) is 3.49. The van der Waals surface area contributed by atoms with Gasteiger partial charge in [0.05, 0.1) is 11.3 Å². The number of para-hydroxylation sites is 1. The first kappa shape index (κ1) is 22.9. The van der Waals surface area contributed by atoms with Crippen LogP contribution in [0.25, 0.3) is 5.69 Å². The molecule has 1 atom stereocenters. The van der Waals surface area contributed by atoms with Crippen LogP contribution in [0.3, 0.4) is 0 Å². The molecular formula is C19H22ClF3N4O2. The van der Waals surface area contributed by atoms with E-state index in [9.17, 15) is 22.8 Å². The highest BCUT2D eigenvalue weighted by molar-refractivity contribution is 5.92. The molecule has 10 heteroatoms. The number of piperidine rings is 1. The van der Waals surface area contributed by atoms with Gasteiger partial charge in [-0.3, -0.25) is 9.59 Å². The number of amides is 1. The van der Waals surface area contributed by atoms with Gasteiger partial charge in [0, 0.05) is 30.9 Å². The van der Waals surface area contributed by atoms with E-state index in [1.807, 2.05) is 0 Å². The Morgan fingerprint density at radius 1 is 1.28 bits per heavy atom. The van der Waals surface area contributed by atoms with Gasteiger partial charge in [-0.2, -0.15) is 18.3 Å². The van der Waals surface area contributed by atoms with Crippen molar-refractivity contribution in [1.82, 2.24) is 14.7 Å². The summed E-state index contributed by atoms with van der Waals surface area (Å²) >= 11 is 0. The van der Waals surface area contributed by atoms with E-state index in [1.54, 1.807) is 0 Å². The number of benzene rings is 1. The standard InChI is InChI=1S/C19H21F3N4O2.ClH/c1-12-10-16(27)17(18(28)25-9-5-4-6-13(25)11-23)24-26(12)15-8-3-2-7-14(15)19(20,21)22;/h2-3,7-8,10,13H,4-6,9,11,23H2,1H3;1H. The highest BCUT2D eigenvalue weighted by Crippen LogP contribution is 2.33. The number of halogens is 4. The van der Waals surface area contributed by atoms with Crippen molar-refractivity contribution >= 4 is 18.3 Å². The molecule has 2 aromatic rings. The number of nitrogens with zero attached hydrogens (tertiary/aromatic N) is 3. The molecule has 1 saturated heterocycles. The van der Waals surface area contributed by atoms with Gasteiger partial charge in [-0.15, -0.1) is 12.4 Å². The fourth-order valence-corrected chi connectivity index (χ4v) is 3.49. The van der Waals surface area contributed by atoms with Crippen LogP contribution in [0.15, 0.2) is 35.1 Å². The van der Waals surface area contributed by atoms with E-state index >= 15 is 0 Å². The number of hydrogen-bond acceptors (Lipinski definition) is 4. The minimum Gasteiger partial charge on any atom is -0.333 e. The maximum absolute atomic E-state index is 13.4. The number of likely N-dealkylation sites (tertiary alicyclic amines) is 1. The molecule has 1 amide bonds. The molecule has 0 bridgehead atoms. The molecule has 0 aliphatic carbocycles. The van der Waals surface area contributed by atoms with E-state index in [4.69, 9.17) is 5.73 Å². The van der Waals surface area contributed by atoms with Crippen LogP contribution in [0.4, 0.5) is 13.2 Å². The SMILES string of the molecule is Cc1cc(=O)c(C(=O)N2CCCCC2CN)nn1-c1ccccc1C(F)(F)F.Cl. The van der Waals surface area contributed by atoms with Gasteiger partial charge in [0.15, 0.2) is 5.69 Å². The Labute approximate surface area is 171 Å². The highest BCUT2D eigenvalue weighted by atomic mass is 35.5. The Balaban J connectivity index is 0.00000300. The van der Waals surface area contributed by atoms with Crippen LogP contribution in [0.2, 0.25) is 0 Å². The van der Waals surface area contributed by atoms with E-state index < -0.39 is 28.8 Å². The van der Waals surface area contributed by atoms with Gasteiger partial charge in [0.1, 0.15) is 0 Å². The van der Waals surface area contributed by atoms with Gasteiger partial charge in [0.25, 0.3) is 5.91 Å². The lowest BCUT2D eigenvalue weighted by Crippen LogP contribution is -2.49. The topological polar surface area (TPSA) is 81.2 Å². The summed E-state index contributed by atoms with van der Waals surface area (Å²) in [6, 6.07) is 5.83. The van der Waals surface area contributed by atoms with Crippen molar-refractivity contribution in [3.05, 3.63) is 57.5 Å². The predicted molar refractivity (Wildman–Crippen MR) is 105 cm³/mol. The number of nitrogens with two attached hydrogens (primary N) is 1. The molecule has 6 nitrogen and oxygen atoms in total. The lowest BCUT2D eigenvalue weighted by atomic mass is 10.0. The molecule has 2 heterocycles. The molecule has 0 spiro atoms. The molecule has 29 heavy (non-hydrogen) atoms. The lowest BCUT2D eigenvalue weighted by molar-refractivity contribution is -0.137. The number of carbonyl (C=O) groups excluding carboxylic acids is 1. The maximum Gasteiger partial charge on any atom is 0.418 e. The molecule has 1 fully saturated rings. The van der Waals surface area contributed by atoms with Crippen molar-refractivity contribution in [3.8, 4) is 5.69 Å². The first-order valence-electron chi connectivity index (χ1n) is 9.02. The molecule has 1 aliphatic heterocycles. The van der Waals surface area contributed by atoms with Crippen molar-refractivity contribution in [3.63, 3.8) is 0 Å². The molecule has 1 aromatic carbocycles. The van der Waals surface area contributed by atoms with Crippen LogP contribution in [0, 0.1) is 6.92 Å². The smallest absolute Gasteiger partial charge is 0.333 e. The van der Waals surface area contributed by atoms with Crippen LogP contribution in [-0.4, -0.2) is 39.7 Å². The summed E-state index contributed by atoms with van der Waals surface area (Å²) in [4.78, 5) is 26.8.